The van der Waals surface area contributed by atoms with Gasteiger partial charge in [0.25, 0.3) is 11.8 Å². The summed E-state index contributed by atoms with van der Waals surface area (Å²) in [5.74, 6) is -1.48. The van der Waals surface area contributed by atoms with Crippen LogP contribution in [-0.2, 0) is 19.1 Å². The van der Waals surface area contributed by atoms with Crippen LogP contribution in [0.4, 0.5) is 11.4 Å². The van der Waals surface area contributed by atoms with Gasteiger partial charge in [-0.2, -0.15) is 0 Å². The molecule has 190 valence electrons. The third kappa shape index (κ3) is 4.78. The number of fused-ring (bicyclic) bond motifs is 1. The molecule has 2 aromatic carbocycles. The molecule has 3 amide bonds. The van der Waals surface area contributed by atoms with Gasteiger partial charge < -0.3 is 10.1 Å². The lowest BCUT2D eigenvalue weighted by Gasteiger charge is -2.22. The molecular weight excluding hydrogens is 510 g/mol. The lowest BCUT2D eigenvalue weighted by Crippen LogP contribution is -2.37. The van der Waals surface area contributed by atoms with Crippen molar-refractivity contribution < 1.29 is 23.9 Å². The van der Waals surface area contributed by atoms with Gasteiger partial charge in [0, 0.05) is 17.3 Å². The van der Waals surface area contributed by atoms with E-state index in [0.29, 0.717) is 37.3 Å². The zero-order valence-electron chi connectivity index (χ0n) is 20.2. The van der Waals surface area contributed by atoms with Gasteiger partial charge in [0.1, 0.15) is 10.9 Å². The van der Waals surface area contributed by atoms with E-state index in [-0.39, 0.29) is 25.1 Å². The number of amides is 3. The maximum absolute atomic E-state index is 13.6. The first-order valence-electron chi connectivity index (χ1n) is 12.2. The lowest BCUT2D eigenvalue weighted by molar-refractivity contribution is -0.123. The van der Waals surface area contributed by atoms with Crippen LogP contribution < -0.4 is 10.2 Å². The molecule has 0 spiro atoms. The van der Waals surface area contributed by atoms with Crippen molar-refractivity contribution in [3.05, 3.63) is 64.6 Å². The van der Waals surface area contributed by atoms with Gasteiger partial charge >= 0.3 is 5.97 Å². The monoisotopic (exact) mass is 535 g/mol. The Kier molecular flexibility index (Phi) is 7.12. The van der Waals surface area contributed by atoms with E-state index in [1.165, 1.54) is 16.7 Å². The third-order valence-corrected chi connectivity index (χ3v) is 8.02. The molecule has 3 aliphatic rings. The molecule has 0 atom stereocenters. The summed E-state index contributed by atoms with van der Waals surface area (Å²) < 4.78 is 5.45. The molecule has 0 radical (unpaired) electrons. The highest BCUT2D eigenvalue weighted by molar-refractivity contribution is 8.26. The predicted octanol–water partition coefficient (Wildman–Crippen LogP) is 4.36. The van der Waals surface area contributed by atoms with Gasteiger partial charge in [0.15, 0.2) is 0 Å². The van der Waals surface area contributed by atoms with Crippen LogP contribution in [0.1, 0.15) is 48.5 Å². The Bertz CT molecular complexity index is 1330. The van der Waals surface area contributed by atoms with E-state index in [0.717, 1.165) is 25.7 Å². The van der Waals surface area contributed by atoms with Gasteiger partial charge in [-0.25, -0.2) is 4.79 Å². The first-order valence-corrected chi connectivity index (χ1v) is 13.4. The molecule has 2 fully saturated rings. The number of hydrogen-bond donors (Lipinski definition) is 1. The number of benzene rings is 2. The molecule has 8 nitrogen and oxygen atoms in total. The molecule has 1 saturated carbocycles. The summed E-state index contributed by atoms with van der Waals surface area (Å²) in [6.07, 6.45) is 3.94. The molecule has 0 aromatic heterocycles. The zero-order chi connectivity index (χ0) is 26.1. The molecule has 0 bridgehead atoms. The summed E-state index contributed by atoms with van der Waals surface area (Å²) in [5.41, 5.74) is 2.34. The number of carbonyl (C=O) groups is 4. The minimum atomic E-state index is -0.439. The number of esters is 1. The van der Waals surface area contributed by atoms with Crippen LogP contribution in [0.2, 0.25) is 0 Å². The Labute approximate surface area is 224 Å². The van der Waals surface area contributed by atoms with E-state index < -0.39 is 17.8 Å². The van der Waals surface area contributed by atoms with Crippen LogP contribution in [0.25, 0.3) is 5.57 Å². The summed E-state index contributed by atoms with van der Waals surface area (Å²) in [7, 11) is 0. The van der Waals surface area contributed by atoms with Crippen LogP contribution in [0, 0.1) is 0 Å². The third-order valence-electron chi connectivity index (χ3n) is 6.62. The van der Waals surface area contributed by atoms with Crippen molar-refractivity contribution >= 4 is 68.9 Å². The first kappa shape index (κ1) is 25.2. The highest BCUT2D eigenvalue weighted by Gasteiger charge is 2.44. The van der Waals surface area contributed by atoms with E-state index in [2.05, 4.69) is 5.32 Å². The summed E-state index contributed by atoms with van der Waals surface area (Å²) in [4.78, 5) is 55.1. The van der Waals surface area contributed by atoms with E-state index in [1.807, 2.05) is 0 Å². The Morgan fingerprint density at radius 1 is 1.05 bits per heavy atom. The van der Waals surface area contributed by atoms with Gasteiger partial charge in [0.2, 0.25) is 5.91 Å². The molecule has 2 heterocycles. The highest BCUT2D eigenvalue weighted by Crippen LogP contribution is 2.46. The normalized spacial score (nSPS) is 19.5. The molecule has 5 rings (SSSR count). The van der Waals surface area contributed by atoms with Crippen LogP contribution >= 0.6 is 24.0 Å². The number of thiocarbonyl (C=S) groups is 1. The Morgan fingerprint density at radius 3 is 2.46 bits per heavy atom. The van der Waals surface area contributed by atoms with Gasteiger partial charge in [0.05, 0.1) is 28.3 Å². The van der Waals surface area contributed by atoms with Crippen LogP contribution in [0.3, 0.4) is 0 Å². The fourth-order valence-electron chi connectivity index (χ4n) is 4.91. The molecule has 0 unspecified atom stereocenters. The maximum atomic E-state index is 13.6. The van der Waals surface area contributed by atoms with E-state index in [1.54, 1.807) is 60.4 Å². The molecule has 10 heteroatoms. The van der Waals surface area contributed by atoms with E-state index in [9.17, 15) is 19.2 Å². The van der Waals surface area contributed by atoms with Crippen molar-refractivity contribution in [1.29, 1.82) is 0 Å². The molecule has 1 aliphatic carbocycles. The summed E-state index contributed by atoms with van der Waals surface area (Å²) in [6.45, 7) is 1.77. The van der Waals surface area contributed by atoms with Gasteiger partial charge in [-0.05, 0) is 50.1 Å². The van der Waals surface area contributed by atoms with Crippen LogP contribution in [0.5, 0.6) is 0 Å². The van der Waals surface area contributed by atoms with Crippen LogP contribution in [-0.4, -0.2) is 52.1 Å². The smallest absolute Gasteiger partial charge is 0.338 e. The molecule has 2 aliphatic heterocycles. The second-order valence-corrected chi connectivity index (χ2v) is 10.6. The number of anilines is 2. The Balaban J connectivity index is 1.36. The highest BCUT2D eigenvalue weighted by atomic mass is 32.2. The fraction of sp³-hybridized carbons (Fsp3) is 0.296. The van der Waals surface area contributed by atoms with Crippen molar-refractivity contribution in [2.75, 3.05) is 23.4 Å². The minimum Gasteiger partial charge on any atom is -0.462 e. The van der Waals surface area contributed by atoms with Crippen molar-refractivity contribution in [3.63, 3.8) is 0 Å². The topological polar surface area (TPSA) is 96.0 Å². The number of nitrogens with zero attached hydrogens (tertiary/aromatic N) is 2. The number of para-hydroxylation sites is 1. The molecule has 37 heavy (non-hydrogen) atoms. The standard InChI is InChI=1S/C27H25N3O5S2/c1-2-35-26(34)16-11-13-17(14-12-16)28-21(31)15-29-20-10-6-5-9-19(20)22(24(29)32)23-25(33)30(27(36)37-23)18-7-3-4-8-18/h5-6,9-14,18H,2-4,7-8,15H2,1H3,(H,28,31)/b23-22-. The van der Waals surface area contributed by atoms with E-state index in [4.69, 9.17) is 17.0 Å². The van der Waals surface area contributed by atoms with Crippen molar-refractivity contribution in [3.8, 4) is 0 Å². The maximum Gasteiger partial charge on any atom is 0.338 e. The number of rotatable bonds is 6. The second-order valence-electron chi connectivity index (χ2n) is 8.94. The van der Waals surface area contributed by atoms with Gasteiger partial charge in [-0.15, -0.1) is 0 Å². The number of carbonyl (C=O) groups excluding carboxylic acids is 4. The number of ether oxygens (including phenoxy) is 1. The SMILES string of the molecule is CCOC(=O)c1ccc(NC(=O)CN2C(=O)/C(=C3\SC(=S)N(C4CCCC4)C3=O)c3ccccc32)cc1. The fourth-order valence-corrected chi connectivity index (χ4v) is 6.38. The largest absolute Gasteiger partial charge is 0.462 e. The first-order chi connectivity index (χ1) is 17.9. The van der Waals surface area contributed by atoms with E-state index >= 15 is 0 Å². The second kappa shape index (κ2) is 10.5. The quantitative estimate of drug-likeness (QED) is 0.334. The summed E-state index contributed by atoms with van der Waals surface area (Å²) in [6, 6.07) is 13.6. The molecule has 2 aromatic rings. The molecule has 1 saturated heterocycles. The van der Waals surface area contributed by atoms with Gasteiger partial charge in [-0.3, -0.25) is 24.2 Å². The average Bonchev–Trinajstić information content (AvgIpc) is 3.57. The minimum absolute atomic E-state index is 0.0782. The summed E-state index contributed by atoms with van der Waals surface area (Å²) >= 11 is 6.70. The zero-order valence-corrected chi connectivity index (χ0v) is 21.8. The number of nitrogens with one attached hydrogen (secondary N) is 1. The molecule has 1 N–H and O–H groups in total. The van der Waals surface area contributed by atoms with Gasteiger partial charge in [-0.1, -0.05) is 55.0 Å². The Morgan fingerprint density at radius 2 is 1.76 bits per heavy atom. The van der Waals surface area contributed by atoms with Crippen molar-refractivity contribution in [1.82, 2.24) is 4.90 Å². The lowest BCUT2D eigenvalue weighted by atomic mass is 10.1. The van der Waals surface area contributed by atoms with Crippen molar-refractivity contribution in [2.45, 2.75) is 38.6 Å². The number of thioether (sulfide) groups is 1. The number of hydrogen-bond acceptors (Lipinski definition) is 7. The molecular formula is C27H25N3O5S2. The van der Waals surface area contributed by atoms with Crippen molar-refractivity contribution in [2.24, 2.45) is 0 Å². The Hall–Kier alpha value is -3.50. The average molecular weight is 536 g/mol. The summed E-state index contributed by atoms with van der Waals surface area (Å²) in [5, 5.41) is 2.76. The predicted molar refractivity (Wildman–Crippen MR) is 146 cm³/mol. The van der Waals surface area contributed by atoms with Crippen LogP contribution in [0.15, 0.2) is 53.4 Å².